The summed E-state index contributed by atoms with van der Waals surface area (Å²) in [6, 6.07) is 21.6. The van der Waals surface area contributed by atoms with E-state index in [1.807, 2.05) is 0 Å². The van der Waals surface area contributed by atoms with Crippen LogP contribution in [-0.2, 0) is 19.6 Å². The van der Waals surface area contributed by atoms with Crippen LogP contribution in [0.25, 0.3) is 0 Å². The van der Waals surface area contributed by atoms with E-state index < -0.39 is 22.5 Å². The number of rotatable bonds is 8. The maximum absolute atomic E-state index is 13.3. The lowest BCUT2D eigenvalue weighted by molar-refractivity contribution is -0.119. The zero-order chi connectivity index (χ0) is 24.7. The number of benzene rings is 3. The van der Waals surface area contributed by atoms with Crippen LogP contribution in [0, 0.1) is 0 Å². The molecule has 0 aliphatic rings. The second-order valence-corrected chi connectivity index (χ2v) is 10.1. The van der Waals surface area contributed by atoms with Gasteiger partial charge in [0.15, 0.2) is 0 Å². The summed E-state index contributed by atoms with van der Waals surface area (Å²) in [4.78, 5) is 24.1. The van der Waals surface area contributed by atoms with Crippen LogP contribution in [0.5, 0.6) is 0 Å². The Balaban J connectivity index is 1.83. The van der Waals surface area contributed by atoms with Crippen LogP contribution in [0.1, 0.15) is 19.4 Å². The highest BCUT2D eigenvalue weighted by atomic mass is 79.9. The Labute approximate surface area is 206 Å². The molecule has 2 amide bonds. The highest BCUT2D eigenvalue weighted by Gasteiger charge is 2.27. The maximum atomic E-state index is 13.3. The van der Waals surface area contributed by atoms with Gasteiger partial charge in [-0.15, -0.1) is 0 Å². The van der Waals surface area contributed by atoms with Crippen LogP contribution in [0.15, 0.2) is 93.3 Å². The number of carbonyl (C=O) groups is 2. The molecule has 0 aromatic heterocycles. The van der Waals surface area contributed by atoms with Crippen molar-refractivity contribution in [3.05, 3.63) is 88.9 Å². The van der Waals surface area contributed by atoms with E-state index in [9.17, 15) is 18.0 Å². The minimum absolute atomic E-state index is 0.0669. The molecule has 0 heterocycles. The first-order valence-electron chi connectivity index (χ1n) is 10.2. The minimum atomic E-state index is -4.01. The third kappa shape index (κ3) is 6.52. The van der Waals surface area contributed by atoms with Crippen LogP contribution in [0.2, 0.25) is 0 Å². The number of hydrogen-bond donors (Lipinski definition) is 2. The fraction of sp³-hybridized carbons (Fsp3) is 0.125. The number of amides is 2. The third-order valence-electron chi connectivity index (χ3n) is 4.66. The van der Waals surface area contributed by atoms with Gasteiger partial charge in [-0.3, -0.25) is 13.9 Å². The smallest absolute Gasteiger partial charge is 0.264 e. The molecular formula is C24H23BrN4O4S. The fourth-order valence-electron chi connectivity index (χ4n) is 3.07. The van der Waals surface area contributed by atoms with E-state index in [-0.39, 0.29) is 10.8 Å². The van der Waals surface area contributed by atoms with Crippen LogP contribution in [-0.4, -0.2) is 32.5 Å². The monoisotopic (exact) mass is 542 g/mol. The SMILES string of the molecule is CC(=O)Nc1cccc(/C(C)=N\NC(=O)CN(c2cccc(Br)c2)S(=O)(=O)c2ccccc2)c1. The first kappa shape index (κ1) is 25.1. The van der Waals surface area contributed by atoms with Crippen molar-refractivity contribution in [1.82, 2.24) is 5.43 Å². The summed E-state index contributed by atoms with van der Waals surface area (Å²) < 4.78 is 28.4. The zero-order valence-electron chi connectivity index (χ0n) is 18.5. The number of nitrogens with one attached hydrogen (secondary N) is 2. The second-order valence-electron chi connectivity index (χ2n) is 7.30. The van der Waals surface area contributed by atoms with Gasteiger partial charge in [0.2, 0.25) is 5.91 Å². The number of nitrogens with zero attached hydrogens (tertiary/aromatic N) is 2. The summed E-state index contributed by atoms with van der Waals surface area (Å²) >= 11 is 3.35. The molecule has 0 spiro atoms. The number of hydrazone groups is 1. The molecule has 0 unspecified atom stereocenters. The van der Waals surface area contributed by atoms with E-state index in [2.05, 4.69) is 31.8 Å². The summed E-state index contributed by atoms with van der Waals surface area (Å²) in [5.74, 6) is -0.816. The Bertz CT molecular complexity index is 1330. The molecule has 0 aliphatic heterocycles. The molecule has 34 heavy (non-hydrogen) atoms. The first-order chi connectivity index (χ1) is 16.2. The molecule has 0 bridgehead atoms. The van der Waals surface area contributed by atoms with Gasteiger partial charge in [0.1, 0.15) is 6.54 Å². The van der Waals surface area contributed by atoms with Crippen LogP contribution >= 0.6 is 15.9 Å². The summed E-state index contributed by atoms with van der Waals surface area (Å²) in [5.41, 5.74) is 4.53. The summed E-state index contributed by atoms with van der Waals surface area (Å²) in [6.07, 6.45) is 0. The fourth-order valence-corrected chi connectivity index (χ4v) is 4.89. The van der Waals surface area contributed by atoms with Gasteiger partial charge in [-0.25, -0.2) is 13.8 Å². The number of anilines is 2. The summed E-state index contributed by atoms with van der Waals surface area (Å²) in [5, 5.41) is 6.79. The Kier molecular flexibility index (Phi) is 8.19. The standard InChI is InChI=1S/C24H23BrN4O4S/c1-17(19-8-6-10-21(14-19)26-18(2)30)27-28-24(31)16-29(22-11-7-9-20(25)15-22)34(32,33)23-12-4-3-5-13-23/h3-15H,16H2,1-2H3,(H,26,30)(H,28,31)/b27-17-. The van der Waals surface area contributed by atoms with E-state index in [0.717, 1.165) is 4.31 Å². The molecule has 8 nitrogen and oxygen atoms in total. The molecule has 0 saturated heterocycles. The number of sulfonamides is 1. The van der Waals surface area contributed by atoms with Gasteiger partial charge in [-0.1, -0.05) is 52.3 Å². The van der Waals surface area contributed by atoms with Crippen LogP contribution in [0.4, 0.5) is 11.4 Å². The van der Waals surface area contributed by atoms with Crippen molar-refractivity contribution in [2.75, 3.05) is 16.2 Å². The molecule has 2 N–H and O–H groups in total. The van der Waals surface area contributed by atoms with Gasteiger partial charge >= 0.3 is 0 Å². The lowest BCUT2D eigenvalue weighted by Gasteiger charge is -2.24. The Morgan fingerprint density at radius 2 is 1.65 bits per heavy atom. The number of halogens is 1. The summed E-state index contributed by atoms with van der Waals surface area (Å²) in [6.45, 7) is 2.63. The van der Waals surface area contributed by atoms with Gasteiger partial charge in [-0.05, 0) is 55.0 Å². The number of carbonyl (C=O) groups excluding carboxylic acids is 2. The largest absolute Gasteiger partial charge is 0.326 e. The van der Waals surface area contributed by atoms with Crippen molar-refractivity contribution in [3.63, 3.8) is 0 Å². The van der Waals surface area contributed by atoms with Crippen molar-refractivity contribution in [1.29, 1.82) is 0 Å². The lowest BCUT2D eigenvalue weighted by atomic mass is 10.1. The Hall–Kier alpha value is -3.50. The van der Waals surface area contributed by atoms with Gasteiger partial charge in [0, 0.05) is 17.1 Å². The van der Waals surface area contributed by atoms with Crippen molar-refractivity contribution in [2.24, 2.45) is 5.10 Å². The molecular weight excluding hydrogens is 520 g/mol. The second kappa shape index (κ2) is 11.1. The minimum Gasteiger partial charge on any atom is -0.326 e. The maximum Gasteiger partial charge on any atom is 0.264 e. The van der Waals surface area contributed by atoms with Gasteiger partial charge in [0.05, 0.1) is 16.3 Å². The molecule has 0 aliphatic carbocycles. The van der Waals surface area contributed by atoms with Crippen LogP contribution in [0.3, 0.4) is 0 Å². The third-order valence-corrected chi connectivity index (χ3v) is 6.94. The molecule has 0 saturated carbocycles. The summed E-state index contributed by atoms with van der Waals surface area (Å²) in [7, 11) is -4.01. The van der Waals surface area contributed by atoms with E-state index in [1.165, 1.54) is 19.1 Å². The number of hydrogen-bond acceptors (Lipinski definition) is 5. The molecule has 0 atom stereocenters. The Morgan fingerprint density at radius 1 is 0.941 bits per heavy atom. The predicted molar refractivity (Wildman–Crippen MR) is 136 cm³/mol. The van der Waals surface area contributed by atoms with Gasteiger partial charge < -0.3 is 5.32 Å². The van der Waals surface area contributed by atoms with E-state index in [1.54, 1.807) is 73.7 Å². The highest BCUT2D eigenvalue weighted by molar-refractivity contribution is 9.10. The topological polar surface area (TPSA) is 108 Å². The van der Waals surface area contributed by atoms with Crippen LogP contribution < -0.4 is 15.0 Å². The highest BCUT2D eigenvalue weighted by Crippen LogP contribution is 2.26. The predicted octanol–water partition coefficient (Wildman–Crippen LogP) is 4.14. The molecule has 3 aromatic carbocycles. The zero-order valence-corrected chi connectivity index (χ0v) is 20.9. The van der Waals surface area contributed by atoms with Gasteiger partial charge in [-0.2, -0.15) is 5.10 Å². The average Bonchev–Trinajstić information content (AvgIpc) is 2.81. The van der Waals surface area contributed by atoms with E-state index >= 15 is 0 Å². The van der Waals surface area contributed by atoms with Crippen molar-refractivity contribution < 1.29 is 18.0 Å². The van der Waals surface area contributed by atoms with E-state index in [4.69, 9.17) is 0 Å². The molecule has 0 radical (unpaired) electrons. The van der Waals surface area contributed by atoms with E-state index in [0.29, 0.717) is 27.1 Å². The van der Waals surface area contributed by atoms with Crippen molar-refractivity contribution in [3.8, 4) is 0 Å². The average molecular weight is 543 g/mol. The first-order valence-corrected chi connectivity index (χ1v) is 12.4. The molecule has 176 valence electrons. The lowest BCUT2D eigenvalue weighted by Crippen LogP contribution is -2.39. The molecule has 10 heteroatoms. The quantitative estimate of drug-likeness (QED) is 0.329. The van der Waals surface area contributed by atoms with Crippen molar-refractivity contribution in [2.45, 2.75) is 18.7 Å². The Morgan fingerprint density at radius 3 is 2.32 bits per heavy atom. The molecule has 3 rings (SSSR count). The van der Waals surface area contributed by atoms with Crippen molar-refractivity contribution >= 4 is 54.9 Å². The molecule has 3 aromatic rings. The van der Waals surface area contributed by atoms with Gasteiger partial charge in [0.25, 0.3) is 15.9 Å². The normalized spacial score (nSPS) is 11.6. The molecule has 0 fully saturated rings.